The smallest absolute Gasteiger partial charge is 0.239 e. The van der Waals surface area contributed by atoms with E-state index in [1.807, 2.05) is 16.7 Å². The number of hydrogen-bond acceptors (Lipinski definition) is 3. The first kappa shape index (κ1) is 9.86. The summed E-state index contributed by atoms with van der Waals surface area (Å²) in [4.78, 5) is 13.4. The van der Waals surface area contributed by atoms with Gasteiger partial charge in [-0.15, -0.1) is 0 Å². The second kappa shape index (κ2) is 4.14. The number of thioether (sulfide) groups is 1. The lowest BCUT2D eigenvalue weighted by Gasteiger charge is -2.34. The minimum atomic E-state index is -0.351. The first-order valence-electron chi connectivity index (χ1n) is 4.26. The Labute approximate surface area is 77.7 Å². The quantitative estimate of drug-likeness (QED) is 0.643. The third-order valence-corrected chi connectivity index (χ3v) is 3.23. The van der Waals surface area contributed by atoms with Crippen molar-refractivity contribution in [1.29, 1.82) is 0 Å². The lowest BCUT2D eigenvalue weighted by molar-refractivity contribution is -0.133. The second-order valence-corrected chi connectivity index (χ2v) is 4.39. The van der Waals surface area contributed by atoms with E-state index in [0.717, 1.165) is 18.1 Å². The van der Waals surface area contributed by atoms with Gasteiger partial charge in [0.05, 0.1) is 6.04 Å². The van der Waals surface area contributed by atoms with Crippen molar-refractivity contribution in [3.63, 3.8) is 0 Å². The Morgan fingerprint density at radius 3 is 2.92 bits per heavy atom. The molecule has 0 aromatic rings. The Morgan fingerprint density at radius 2 is 2.42 bits per heavy atom. The Bertz CT molecular complexity index is 172. The summed E-state index contributed by atoms with van der Waals surface area (Å²) in [6.45, 7) is 4.68. The van der Waals surface area contributed by atoms with Crippen LogP contribution in [0.4, 0.5) is 0 Å². The molecular formula is C8H16N2OS. The molecule has 1 aliphatic rings. The van der Waals surface area contributed by atoms with Gasteiger partial charge in [0.15, 0.2) is 0 Å². The van der Waals surface area contributed by atoms with Gasteiger partial charge in [0.2, 0.25) is 5.91 Å². The van der Waals surface area contributed by atoms with E-state index in [1.165, 1.54) is 0 Å². The van der Waals surface area contributed by atoms with Gasteiger partial charge in [-0.25, -0.2) is 0 Å². The summed E-state index contributed by atoms with van der Waals surface area (Å²) in [5.41, 5.74) is 5.53. The molecule has 1 saturated heterocycles. The molecule has 0 aliphatic carbocycles. The molecule has 12 heavy (non-hydrogen) atoms. The van der Waals surface area contributed by atoms with Gasteiger partial charge in [0.25, 0.3) is 0 Å². The van der Waals surface area contributed by atoms with Crippen molar-refractivity contribution in [3.05, 3.63) is 0 Å². The third-order valence-electron chi connectivity index (χ3n) is 2.04. The highest BCUT2D eigenvalue weighted by Crippen LogP contribution is 2.16. The molecule has 0 spiro atoms. The van der Waals surface area contributed by atoms with E-state index < -0.39 is 0 Å². The molecule has 1 aliphatic heterocycles. The van der Waals surface area contributed by atoms with Crippen LogP contribution in [0.3, 0.4) is 0 Å². The zero-order valence-corrected chi connectivity index (χ0v) is 8.43. The number of amides is 1. The second-order valence-electron chi connectivity index (χ2n) is 3.24. The number of nitrogens with two attached hydrogens (primary N) is 1. The molecule has 70 valence electrons. The molecule has 1 heterocycles. The molecule has 0 radical (unpaired) electrons. The average Bonchev–Trinajstić information content (AvgIpc) is 2.04. The summed E-state index contributed by atoms with van der Waals surface area (Å²) >= 11 is 1.90. The molecule has 0 saturated carbocycles. The van der Waals surface area contributed by atoms with Gasteiger partial charge < -0.3 is 10.6 Å². The highest BCUT2D eigenvalue weighted by atomic mass is 32.2. The summed E-state index contributed by atoms with van der Waals surface area (Å²) in [6, 6.07) is -0.00204. The van der Waals surface area contributed by atoms with Gasteiger partial charge in [-0.3, -0.25) is 4.79 Å². The summed E-state index contributed by atoms with van der Waals surface area (Å²) in [7, 11) is 0. The Balaban J connectivity index is 2.53. The van der Waals surface area contributed by atoms with Crippen LogP contribution in [-0.4, -0.2) is 40.9 Å². The lowest BCUT2D eigenvalue weighted by Crippen LogP contribution is -2.50. The molecule has 2 atom stereocenters. The van der Waals surface area contributed by atoms with Gasteiger partial charge in [0, 0.05) is 24.1 Å². The molecular weight excluding hydrogens is 172 g/mol. The van der Waals surface area contributed by atoms with Gasteiger partial charge in [-0.05, 0) is 13.8 Å². The Kier molecular flexibility index (Phi) is 3.40. The van der Waals surface area contributed by atoms with Crippen molar-refractivity contribution >= 4 is 17.7 Å². The van der Waals surface area contributed by atoms with E-state index in [0.29, 0.717) is 6.04 Å². The third kappa shape index (κ3) is 2.14. The summed E-state index contributed by atoms with van der Waals surface area (Å²) in [5.74, 6) is 2.17. The van der Waals surface area contributed by atoms with Crippen molar-refractivity contribution in [2.75, 3.05) is 18.1 Å². The minimum Gasteiger partial charge on any atom is -0.337 e. The summed E-state index contributed by atoms with van der Waals surface area (Å²) < 4.78 is 0. The normalized spacial score (nSPS) is 26.9. The molecule has 2 unspecified atom stereocenters. The first-order chi connectivity index (χ1) is 5.63. The van der Waals surface area contributed by atoms with Crippen LogP contribution >= 0.6 is 11.8 Å². The van der Waals surface area contributed by atoms with E-state index in [4.69, 9.17) is 5.73 Å². The molecule has 0 bridgehead atoms. The van der Waals surface area contributed by atoms with Gasteiger partial charge >= 0.3 is 0 Å². The highest BCUT2D eigenvalue weighted by molar-refractivity contribution is 7.99. The molecule has 1 fully saturated rings. The van der Waals surface area contributed by atoms with Crippen LogP contribution in [0.2, 0.25) is 0 Å². The Morgan fingerprint density at radius 1 is 1.75 bits per heavy atom. The van der Waals surface area contributed by atoms with E-state index in [9.17, 15) is 4.79 Å². The van der Waals surface area contributed by atoms with Crippen LogP contribution in [-0.2, 0) is 4.79 Å². The molecule has 3 nitrogen and oxygen atoms in total. The monoisotopic (exact) mass is 188 g/mol. The largest absolute Gasteiger partial charge is 0.337 e. The zero-order chi connectivity index (χ0) is 9.14. The fourth-order valence-electron chi connectivity index (χ4n) is 1.32. The maximum Gasteiger partial charge on any atom is 0.239 e. The van der Waals surface area contributed by atoms with E-state index in [-0.39, 0.29) is 11.9 Å². The first-order valence-corrected chi connectivity index (χ1v) is 5.42. The van der Waals surface area contributed by atoms with E-state index in [1.54, 1.807) is 6.92 Å². The van der Waals surface area contributed by atoms with Crippen LogP contribution in [0.25, 0.3) is 0 Å². The maximum atomic E-state index is 11.5. The van der Waals surface area contributed by atoms with Crippen molar-refractivity contribution < 1.29 is 4.79 Å². The molecule has 1 amide bonds. The van der Waals surface area contributed by atoms with Crippen LogP contribution in [0.15, 0.2) is 0 Å². The molecule has 0 aromatic carbocycles. The van der Waals surface area contributed by atoms with Crippen molar-refractivity contribution in [3.8, 4) is 0 Å². The lowest BCUT2D eigenvalue weighted by atomic mass is 10.2. The topological polar surface area (TPSA) is 46.3 Å². The number of rotatable bonds is 1. The van der Waals surface area contributed by atoms with Crippen molar-refractivity contribution in [2.24, 2.45) is 5.73 Å². The van der Waals surface area contributed by atoms with E-state index >= 15 is 0 Å². The standard InChI is InChI=1S/C8H16N2OS/c1-6-5-12-4-3-10(6)8(11)7(2)9/h6-7H,3-5,9H2,1-2H3. The van der Waals surface area contributed by atoms with Crippen LogP contribution in [0.5, 0.6) is 0 Å². The van der Waals surface area contributed by atoms with E-state index in [2.05, 4.69) is 6.92 Å². The summed E-state index contributed by atoms with van der Waals surface area (Å²) in [6.07, 6.45) is 0. The zero-order valence-electron chi connectivity index (χ0n) is 7.62. The minimum absolute atomic E-state index is 0.0859. The number of nitrogens with zero attached hydrogens (tertiary/aromatic N) is 1. The van der Waals surface area contributed by atoms with Crippen LogP contribution in [0.1, 0.15) is 13.8 Å². The summed E-state index contributed by atoms with van der Waals surface area (Å²) in [5, 5.41) is 0. The molecule has 4 heteroatoms. The van der Waals surface area contributed by atoms with Crippen molar-refractivity contribution in [1.82, 2.24) is 4.90 Å². The molecule has 1 rings (SSSR count). The van der Waals surface area contributed by atoms with Gasteiger partial charge in [-0.2, -0.15) is 11.8 Å². The van der Waals surface area contributed by atoms with Gasteiger partial charge in [0.1, 0.15) is 0 Å². The van der Waals surface area contributed by atoms with Gasteiger partial charge in [-0.1, -0.05) is 0 Å². The van der Waals surface area contributed by atoms with Crippen molar-refractivity contribution in [2.45, 2.75) is 25.9 Å². The molecule has 0 aromatic heterocycles. The number of hydrogen-bond donors (Lipinski definition) is 1. The van der Waals surface area contributed by atoms with Crippen LogP contribution in [0, 0.1) is 0 Å². The van der Waals surface area contributed by atoms with Crippen LogP contribution < -0.4 is 5.73 Å². The maximum absolute atomic E-state index is 11.5. The predicted molar refractivity (Wildman–Crippen MR) is 52.1 cm³/mol. The fourth-order valence-corrected chi connectivity index (χ4v) is 2.33. The fraction of sp³-hybridized carbons (Fsp3) is 0.875. The number of carbonyl (C=O) groups is 1. The predicted octanol–water partition coefficient (Wildman–Crippen LogP) is 0.298. The average molecular weight is 188 g/mol. The number of carbonyl (C=O) groups excluding carboxylic acids is 1. The highest BCUT2D eigenvalue weighted by Gasteiger charge is 2.25. The Hall–Kier alpha value is -0.220. The molecule has 2 N–H and O–H groups in total. The SMILES string of the molecule is CC(N)C(=O)N1CCSCC1C.